The van der Waals surface area contributed by atoms with Gasteiger partial charge in [-0.15, -0.1) is 0 Å². The van der Waals surface area contributed by atoms with E-state index >= 15 is 0 Å². The van der Waals surface area contributed by atoms with Crippen LogP contribution >= 0.6 is 11.8 Å². The van der Waals surface area contributed by atoms with Crippen LogP contribution in [0.2, 0.25) is 6.04 Å². The summed E-state index contributed by atoms with van der Waals surface area (Å²) in [7, 11) is 2.98. The summed E-state index contributed by atoms with van der Waals surface area (Å²) in [6.07, 6.45) is 0.859. The van der Waals surface area contributed by atoms with E-state index in [0.717, 1.165) is 23.7 Å². The lowest BCUT2D eigenvalue weighted by atomic mass is 9.74. The Morgan fingerprint density at radius 1 is 1.07 bits per heavy atom. The quantitative estimate of drug-likeness (QED) is 0.339. The number of ether oxygens (including phenoxy) is 2. The molecule has 0 aromatic heterocycles. The molecule has 0 saturated carbocycles. The van der Waals surface area contributed by atoms with E-state index < -0.39 is 7.12 Å². The van der Waals surface area contributed by atoms with Gasteiger partial charge in [0, 0.05) is 26.6 Å². The van der Waals surface area contributed by atoms with Crippen molar-refractivity contribution in [1.29, 1.82) is 0 Å². The molecule has 1 saturated heterocycles. The van der Waals surface area contributed by atoms with Gasteiger partial charge in [0.25, 0.3) is 0 Å². The van der Waals surface area contributed by atoms with Crippen LogP contribution in [-0.2, 0) is 20.5 Å². The van der Waals surface area contributed by atoms with E-state index in [1.54, 1.807) is 11.8 Å². The van der Waals surface area contributed by atoms with Gasteiger partial charge in [-0.05, 0) is 74.9 Å². The van der Waals surface area contributed by atoms with E-state index in [4.69, 9.17) is 18.8 Å². The van der Waals surface area contributed by atoms with Gasteiger partial charge in [-0.25, -0.2) is 0 Å². The summed E-state index contributed by atoms with van der Waals surface area (Å²) in [6, 6.07) is 13.5. The molecule has 0 aliphatic carbocycles. The van der Waals surface area contributed by atoms with Crippen LogP contribution in [0.25, 0.3) is 0 Å². The maximum absolute atomic E-state index is 6.38. The average Bonchev–Trinajstić information content (AvgIpc) is 2.90. The molecule has 2 aliphatic rings. The monoisotopic (exact) mass is 425 g/mol. The Kier molecular flexibility index (Phi) is 5.88. The van der Waals surface area contributed by atoms with Crippen LogP contribution < -0.4 is 10.2 Å². The first kappa shape index (κ1) is 21.0. The molecule has 0 bridgehead atoms. The van der Waals surface area contributed by atoms with Crippen molar-refractivity contribution in [3.8, 4) is 5.75 Å². The summed E-state index contributed by atoms with van der Waals surface area (Å²) in [5, 5.41) is 0. The molecule has 7 heteroatoms. The van der Waals surface area contributed by atoms with Crippen LogP contribution in [0.4, 0.5) is 0 Å². The highest BCUT2D eigenvalue weighted by atomic mass is 32.2. The Labute approximate surface area is 181 Å². The average molecular weight is 425 g/mol. The predicted octanol–water partition coefficient (Wildman–Crippen LogP) is 3.98. The van der Waals surface area contributed by atoms with Gasteiger partial charge in [-0.3, -0.25) is 0 Å². The number of benzene rings is 2. The summed E-state index contributed by atoms with van der Waals surface area (Å²) in [5.74, 6) is 0.773. The molecule has 2 aromatic carbocycles. The molecule has 0 unspecified atom stereocenters. The first-order valence-electron chi connectivity index (χ1n) is 9.94. The zero-order valence-electron chi connectivity index (χ0n) is 17.4. The number of hydrogen-bond donors (Lipinski definition) is 0. The van der Waals surface area contributed by atoms with Crippen molar-refractivity contribution in [3.05, 3.63) is 47.5 Å². The summed E-state index contributed by atoms with van der Waals surface area (Å²) >= 11 is 1.77. The lowest BCUT2D eigenvalue weighted by Crippen LogP contribution is -2.41. The van der Waals surface area contributed by atoms with Crippen molar-refractivity contribution in [1.82, 2.24) is 0 Å². The molecule has 29 heavy (non-hydrogen) atoms. The van der Waals surface area contributed by atoms with E-state index in [9.17, 15) is 0 Å². The molecule has 0 amide bonds. The van der Waals surface area contributed by atoms with Gasteiger partial charge in [-0.2, -0.15) is 0 Å². The molecule has 1 fully saturated rings. The topological polar surface area (TPSA) is 36.9 Å². The van der Waals surface area contributed by atoms with Crippen molar-refractivity contribution >= 4 is 34.6 Å². The van der Waals surface area contributed by atoms with Gasteiger partial charge in [0.15, 0.2) is 6.79 Å². The van der Waals surface area contributed by atoms with Crippen molar-refractivity contribution in [2.45, 2.75) is 61.2 Å². The third kappa shape index (κ3) is 4.16. The number of hydrogen-bond acceptors (Lipinski definition) is 5. The SMILES string of the molecule is CC1(C)OB(c2cc(OCOCC[Si])cc3c2Cc2ccccc2S3)OC1(C)C. The van der Waals surface area contributed by atoms with E-state index in [1.165, 1.54) is 20.9 Å². The molecule has 4 nitrogen and oxygen atoms in total. The number of fused-ring (bicyclic) bond motifs is 2. The van der Waals surface area contributed by atoms with Gasteiger partial charge in [0.2, 0.25) is 0 Å². The van der Waals surface area contributed by atoms with Gasteiger partial charge >= 0.3 is 7.12 Å². The van der Waals surface area contributed by atoms with Crippen LogP contribution in [0.1, 0.15) is 38.8 Å². The Balaban J connectivity index is 1.69. The normalized spacial score (nSPS) is 19.0. The minimum atomic E-state index is -0.425. The fourth-order valence-corrected chi connectivity index (χ4v) is 4.77. The lowest BCUT2D eigenvalue weighted by Gasteiger charge is -2.32. The Bertz CT molecular complexity index is 886. The molecule has 2 aromatic rings. The second-order valence-electron chi connectivity index (χ2n) is 8.38. The fraction of sp³-hybridized carbons (Fsp3) is 0.455. The summed E-state index contributed by atoms with van der Waals surface area (Å²) in [6.45, 7) is 9.15. The van der Waals surface area contributed by atoms with E-state index in [1.807, 2.05) is 6.07 Å². The lowest BCUT2D eigenvalue weighted by molar-refractivity contribution is 0.00578. The van der Waals surface area contributed by atoms with Gasteiger partial charge in [0.05, 0.1) is 11.2 Å². The fourth-order valence-electron chi connectivity index (χ4n) is 3.48. The van der Waals surface area contributed by atoms with E-state index in [2.05, 4.69) is 68.3 Å². The van der Waals surface area contributed by atoms with Crippen LogP contribution in [-0.4, -0.2) is 42.0 Å². The maximum Gasteiger partial charge on any atom is 0.495 e. The highest BCUT2D eigenvalue weighted by molar-refractivity contribution is 7.99. The Morgan fingerprint density at radius 2 is 1.79 bits per heavy atom. The van der Waals surface area contributed by atoms with Gasteiger partial charge in [-0.1, -0.05) is 30.0 Å². The molecule has 3 radical (unpaired) electrons. The molecule has 2 aliphatic heterocycles. The molecular weight excluding hydrogens is 399 g/mol. The first-order valence-corrected chi connectivity index (χ1v) is 11.5. The predicted molar refractivity (Wildman–Crippen MR) is 118 cm³/mol. The van der Waals surface area contributed by atoms with Crippen LogP contribution in [0.3, 0.4) is 0 Å². The standard InChI is InChI=1S/C22H26BO4SSi/c1-21(2)22(3,4)27-23(26-21)18-12-16(25-14-24-9-10-29)13-20-17(18)11-15-7-5-6-8-19(15)28-20/h5-8,12-13H,9-11,14H2,1-4H3. The summed E-state index contributed by atoms with van der Waals surface area (Å²) < 4.78 is 24.1. The number of rotatable bonds is 6. The molecule has 151 valence electrons. The zero-order valence-corrected chi connectivity index (χ0v) is 19.2. The minimum absolute atomic E-state index is 0.216. The van der Waals surface area contributed by atoms with E-state index in [0.29, 0.717) is 6.61 Å². The van der Waals surface area contributed by atoms with Crippen molar-refractivity contribution < 1.29 is 18.8 Å². The molecular formula is C22H26BO4SSi. The smallest absolute Gasteiger partial charge is 0.468 e. The van der Waals surface area contributed by atoms with Crippen molar-refractivity contribution in [2.24, 2.45) is 0 Å². The Hall–Kier alpha value is -1.25. The minimum Gasteiger partial charge on any atom is -0.468 e. The first-order chi connectivity index (χ1) is 13.8. The van der Waals surface area contributed by atoms with Gasteiger partial charge < -0.3 is 18.8 Å². The van der Waals surface area contributed by atoms with Crippen LogP contribution in [0.5, 0.6) is 5.75 Å². The third-order valence-electron chi connectivity index (χ3n) is 5.84. The highest BCUT2D eigenvalue weighted by Crippen LogP contribution is 2.42. The zero-order chi connectivity index (χ0) is 20.6. The third-order valence-corrected chi connectivity index (χ3v) is 7.25. The second-order valence-corrected chi connectivity index (χ2v) is 9.97. The van der Waals surface area contributed by atoms with E-state index in [-0.39, 0.29) is 18.0 Å². The van der Waals surface area contributed by atoms with Crippen molar-refractivity contribution in [2.75, 3.05) is 13.4 Å². The molecule has 4 rings (SSSR count). The summed E-state index contributed by atoms with van der Waals surface area (Å²) in [4.78, 5) is 2.47. The van der Waals surface area contributed by atoms with Gasteiger partial charge in [0.1, 0.15) is 5.75 Å². The Morgan fingerprint density at radius 3 is 2.52 bits per heavy atom. The second kappa shape index (κ2) is 8.12. The largest absolute Gasteiger partial charge is 0.495 e. The molecule has 0 atom stereocenters. The molecule has 2 heterocycles. The molecule has 0 N–H and O–H groups in total. The van der Waals surface area contributed by atoms with Crippen LogP contribution in [0.15, 0.2) is 46.2 Å². The highest BCUT2D eigenvalue weighted by Gasteiger charge is 2.52. The van der Waals surface area contributed by atoms with Crippen molar-refractivity contribution in [3.63, 3.8) is 0 Å². The molecule has 0 spiro atoms. The summed E-state index contributed by atoms with van der Waals surface area (Å²) in [5.41, 5.74) is 2.84. The maximum atomic E-state index is 6.38. The van der Waals surface area contributed by atoms with Crippen LogP contribution in [0, 0.1) is 0 Å².